The van der Waals surface area contributed by atoms with Crippen LogP contribution in [-0.2, 0) is 0 Å². The van der Waals surface area contributed by atoms with Crippen molar-refractivity contribution < 1.29 is 0 Å². The Bertz CT molecular complexity index is 345. The Kier molecular flexibility index (Phi) is 2.39. The summed E-state index contributed by atoms with van der Waals surface area (Å²) in [6, 6.07) is 0.652. The monoisotopic (exact) mass is 223 g/mol. The number of hydrogen-bond donors (Lipinski definition) is 0. The predicted molar refractivity (Wildman–Crippen MR) is 62.5 cm³/mol. The van der Waals surface area contributed by atoms with Gasteiger partial charge in [-0.15, -0.1) is 0 Å². The molecule has 1 aliphatic carbocycles. The molecule has 1 unspecified atom stereocenters. The summed E-state index contributed by atoms with van der Waals surface area (Å²) in [4.78, 5) is 7.12. The summed E-state index contributed by atoms with van der Waals surface area (Å²) < 4.78 is 4.48. The first-order chi connectivity index (χ1) is 7.34. The summed E-state index contributed by atoms with van der Waals surface area (Å²) in [6.45, 7) is 3.47. The highest BCUT2D eigenvalue weighted by molar-refractivity contribution is 7.09. The maximum absolute atomic E-state index is 4.68. The van der Waals surface area contributed by atoms with Gasteiger partial charge in [0.15, 0.2) is 0 Å². The van der Waals surface area contributed by atoms with E-state index >= 15 is 0 Å². The van der Waals surface area contributed by atoms with Crippen LogP contribution in [-0.4, -0.2) is 21.9 Å². The number of rotatable bonds is 2. The SMILES string of the molecule is CC1CCCCN1c1nc(C2CC2)ns1. The van der Waals surface area contributed by atoms with E-state index in [9.17, 15) is 0 Å². The van der Waals surface area contributed by atoms with Crippen LogP contribution in [0.15, 0.2) is 0 Å². The standard InChI is InChI=1S/C11H17N3S/c1-8-4-2-3-7-14(8)11-12-10(13-15-11)9-5-6-9/h8-9H,2-7H2,1H3. The average molecular weight is 223 g/mol. The van der Waals surface area contributed by atoms with E-state index in [2.05, 4.69) is 21.2 Å². The fraction of sp³-hybridized carbons (Fsp3) is 0.818. The van der Waals surface area contributed by atoms with E-state index in [0.29, 0.717) is 12.0 Å². The van der Waals surface area contributed by atoms with Crippen molar-refractivity contribution in [1.82, 2.24) is 9.36 Å². The molecule has 82 valence electrons. The normalized spacial score (nSPS) is 27.0. The van der Waals surface area contributed by atoms with Gasteiger partial charge in [-0.3, -0.25) is 0 Å². The van der Waals surface area contributed by atoms with Crippen LogP contribution in [0.25, 0.3) is 0 Å². The van der Waals surface area contributed by atoms with Crippen molar-refractivity contribution in [2.45, 2.75) is 51.0 Å². The molecule has 1 saturated carbocycles. The molecule has 1 atom stereocenters. The number of nitrogens with zero attached hydrogens (tertiary/aromatic N) is 3. The minimum absolute atomic E-state index is 0.652. The summed E-state index contributed by atoms with van der Waals surface area (Å²) in [6.07, 6.45) is 6.57. The maximum Gasteiger partial charge on any atom is 0.205 e. The van der Waals surface area contributed by atoms with Crippen molar-refractivity contribution in [3.63, 3.8) is 0 Å². The van der Waals surface area contributed by atoms with Crippen molar-refractivity contribution in [3.8, 4) is 0 Å². The molecular weight excluding hydrogens is 206 g/mol. The van der Waals surface area contributed by atoms with Gasteiger partial charge in [0.1, 0.15) is 5.82 Å². The quantitative estimate of drug-likeness (QED) is 0.772. The van der Waals surface area contributed by atoms with Crippen LogP contribution in [0.2, 0.25) is 0 Å². The minimum atomic E-state index is 0.652. The van der Waals surface area contributed by atoms with Crippen LogP contribution in [0.1, 0.15) is 50.8 Å². The molecule has 0 bridgehead atoms. The Morgan fingerprint density at radius 3 is 2.87 bits per heavy atom. The van der Waals surface area contributed by atoms with Gasteiger partial charge in [0, 0.05) is 30.0 Å². The largest absolute Gasteiger partial charge is 0.344 e. The zero-order chi connectivity index (χ0) is 10.3. The van der Waals surface area contributed by atoms with Crippen LogP contribution in [0.4, 0.5) is 5.13 Å². The lowest BCUT2D eigenvalue weighted by atomic mass is 10.1. The van der Waals surface area contributed by atoms with E-state index in [1.807, 2.05) is 0 Å². The number of hydrogen-bond acceptors (Lipinski definition) is 4. The summed E-state index contributed by atoms with van der Waals surface area (Å²) in [7, 11) is 0. The highest BCUT2D eigenvalue weighted by atomic mass is 32.1. The average Bonchev–Trinajstić information content (AvgIpc) is 2.99. The van der Waals surface area contributed by atoms with E-state index in [1.165, 1.54) is 38.6 Å². The third kappa shape index (κ3) is 1.87. The van der Waals surface area contributed by atoms with Gasteiger partial charge in [0.25, 0.3) is 0 Å². The van der Waals surface area contributed by atoms with E-state index in [-0.39, 0.29) is 0 Å². The number of piperidine rings is 1. The van der Waals surface area contributed by atoms with Gasteiger partial charge in [0.05, 0.1) is 0 Å². The second-order valence-corrected chi connectivity index (χ2v) is 5.48. The molecule has 0 amide bonds. The predicted octanol–water partition coefficient (Wildman–Crippen LogP) is 2.79. The molecule has 2 fully saturated rings. The molecular formula is C11H17N3S. The van der Waals surface area contributed by atoms with Crippen molar-refractivity contribution in [3.05, 3.63) is 5.82 Å². The molecule has 3 rings (SSSR count). The van der Waals surface area contributed by atoms with Crippen molar-refractivity contribution >= 4 is 16.7 Å². The molecule has 2 aliphatic rings. The van der Waals surface area contributed by atoms with Gasteiger partial charge < -0.3 is 4.90 Å². The first-order valence-electron chi connectivity index (χ1n) is 5.95. The summed E-state index contributed by atoms with van der Waals surface area (Å²) >= 11 is 1.59. The van der Waals surface area contributed by atoms with Gasteiger partial charge in [-0.05, 0) is 39.0 Å². The highest BCUT2D eigenvalue weighted by Crippen LogP contribution is 2.40. The lowest BCUT2D eigenvalue weighted by Crippen LogP contribution is -2.37. The fourth-order valence-corrected chi connectivity index (χ4v) is 3.11. The third-order valence-corrected chi connectivity index (χ3v) is 4.19. The Balaban J connectivity index is 1.78. The van der Waals surface area contributed by atoms with Crippen LogP contribution in [0, 0.1) is 0 Å². The first-order valence-corrected chi connectivity index (χ1v) is 6.72. The van der Waals surface area contributed by atoms with Crippen LogP contribution in [0.3, 0.4) is 0 Å². The number of aromatic nitrogens is 2. The maximum atomic E-state index is 4.68. The number of anilines is 1. The van der Waals surface area contributed by atoms with Crippen LogP contribution in [0.5, 0.6) is 0 Å². The van der Waals surface area contributed by atoms with E-state index in [1.54, 1.807) is 11.5 Å². The second-order valence-electron chi connectivity index (χ2n) is 4.75. The molecule has 0 N–H and O–H groups in total. The summed E-state index contributed by atoms with van der Waals surface area (Å²) in [5.41, 5.74) is 0. The molecule has 1 saturated heterocycles. The summed E-state index contributed by atoms with van der Waals surface area (Å²) in [5, 5.41) is 1.16. The van der Waals surface area contributed by atoms with Gasteiger partial charge in [-0.2, -0.15) is 4.37 Å². The zero-order valence-electron chi connectivity index (χ0n) is 9.15. The topological polar surface area (TPSA) is 29.0 Å². The Morgan fingerprint density at radius 2 is 2.13 bits per heavy atom. The highest BCUT2D eigenvalue weighted by Gasteiger charge is 2.29. The molecule has 1 aliphatic heterocycles. The van der Waals surface area contributed by atoms with E-state index < -0.39 is 0 Å². The Labute approximate surface area is 94.7 Å². The molecule has 0 spiro atoms. The van der Waals surface area contributed by atoms with Gasteiger partial charge in [-0.1, -0.05) is 0 Å². The molecule has 3 nitrogen and oxygen atoms in total. The van der Waals surface area contributed by atoms with E-state index in [0.717, 1.165) is 11.0 Å². The molecule has 0 radical (unpaired) electrons. The first kappa shape index (κ1) is 9.58. The minimum Gasteiger partial charge on any atom is -0.344 e. The molecule has 1 aromatic rings. The van der Waals surface area contributed by atoms with Crippen molar-refractivity contribution in [2.24, 2.45) is 0 Å². The molecule has 0 aromatic carbocycles. The molecule has 15 heavy (non-hydrogen) atoms. The Morgan fingerprint density at radius 1 is 1.27 bits per heavy atom. The van der Waals surface area contributed by atoms with Gasteiger partial charge in [-0.25, -0.2) is 4.98 Å². The van der Waals surface area contributed by atoms with Crippen molar-refractivity contribution in [1.29, 1.82) is 0 Å². The summed E-state index contributed by atoms with van der Waals surface area (Å²) in [5.74, 6) is 1.79. The van der Waals surface area contributed by atoms with Gasteiger partial charge >= 0.3 is 0 Å². The van der Waals surface area contributed by atoms with Gasteiger partial charge in [0.2, 0.25) is 5.13 Å². The molecule has 1 aromatic heterocycles. The zero-order valence-corrected chi connectivity index (χ0v) is 9.96. The van der Waals surface area contributed by atoms with Crippen LogP contribution >= 0.6 is 11.5 Å². The fourth-order valence-electron chi connectivity index (χ4n) is 2.23. The van der Waals surface area contributed by atoms with E-state index in [4.69, 9.17) is 0 Å². The lowest BCUT2D eigenvalue weighted by molar-refractivity contribution is 0.484. The molecule has 4 heteroatoms. The third-order valence-electron chi connectivity index (χ3n) is 3.42. The smallest absolute Gasteiger partial charge is 0.205 e. The Hall–Kier alpha value is -0.640. The van der Waals surface area contributed by atoms with Crippen molar-refractivity contribution in [2.75, 3.05) is 11.4 Å². The molecule has 2 heterocycles. The lowest BCUT2D eigenvalue weighted by Gasteiger charge is -2.32. The van der Waals surface area contributed by atoms with Crippen LogP contribution < -0.4 is 4.90 Å². The second kappa shape index (κ2) is 3.74.